The zero-order valence-corrected chi connectivity index (χ0v) is 11.2. The fourth-order valence-electron chi connectivity index (χ4n) is 2.22. The van der Waals surface area contributed by atoms with Crippen molar-refractivity contribution in [2.24, 2.45) is 0 Å². The summed E-state index contributed by atoms with van der Waals surface area (Å²) in [6.45, 7) is 3.74. The molecular formula is C15H20N2O2. The molecule has 0 bridgehead atoms. The number of hydrogen-bond donors (Lipinski definition) is 2. The second-order valence-corrected chi connectivity index (χ2v) is 4.48. The van der Waals surface area contributed by atoms with Crippen molar-refractivity contribution in [3.63, 3.8) is 0 Å². The number of hydrogen-bond acceptors (Lipinski definition) is 4. The van der Waals surface area contributed by atoms with Gasteiger partial charge in [0.05, 0.1) is 12.1 Å². The number of anilines is 1. The molecule has 0 radical (unpaired) electrons. The quantitative estimate of drug-likeness (QED) is 0.833. The predicted molar refractivity (Wildman–Crippen MR) is 77.3 cm³/mol. The highest BCUT2D eigenvalue weighted by Gasteiger charge is 2.12. The van der Waals surface area contributed by atoms with Crippen LogP contribution >= 0.6 is 0 Å². The maximum absolute atomic E-state index is 9.53. The van der Waals surface area contributed by atoms with Gasteiger partial charge in [-0.2, -0.15) is 0 Å². The summed E-state index contributed by atoms with van der Waals surface area (Å²) in [5.74, 6) is 0.817. The first-order chi connectivity index (χ1) is 9.30. The number of rotatable bonds is 6. The minimum Gasteiger partial charge on any atom is -0.396 e. The second kappa shape index (κ2) is 6.50. The van der Waals surface area contributed by atoms with E-state index in [0.29, 0.717) is 6.42 Å². The molecule has 0 fully saturated rings. The van der Waals surface area contributed by atoms with E-state index < -0.39 is 0 Å². The molecule has 0 atom stereocenters. The number of aromatic nitrogens is 1. The first-order valence-corrected chi connectivity index (χ1v) is 6.65. The molecule has 0 aliphatic heterocycles. The van der Waals surface area contributed by atoms with Crippen LogP contribution in [0.2, 0.25) is 0 Å². The van der Waals surface area contributed by atoms with E-state index in [9.17, 15) is 5.11 Å². The molecule has 0 unspecified atom stereocenters. The zero-order chi connectivity index (χ0) is 13.7. The van der Waals surface area contributed by atoms with Gasteiger partial charge in [0.25, 0.3) is 0 Å². The molecular weight excluding hydrogens is 240 g/mol. The van der Waals surface area contributed by atoms with Crippen molar-refractivity contribution in [1.29, 1.82) is 0 Å². The van der Waals surface area contributed by atoms with Gasteiger partial charge in [0.1, 0.15) is 5.82 Å². The predicted octanol–water partition coefficient (Wildman–Crippen LogP) is 1.94. The number of nitrogens with zero attached hydrogens (tertiary/aromatic N) is 2. The molecule has 2 aromatic rings. The van der Waals surface area contributed by atoms with Crippen molar-refractivity contribution in [3.8, 4) is 0 Å². The van der Waals surface area contributed by atoms with E-state index in [1.54, 1.807) is 0 Å². The average Bonchev–Trinajstić information content (AvgIpc) is 2.47. The summed E-state index contributed by atoms with van der Waals surface area (Å²) in [5, 5.41) is 19.5. The number of pyridine rings is 1. The SMILES string of the molecule is CCN(CCCO)c1nc2ccccc2cc1CO. The van der Waals surface area contributed by atoms with Gasteiger partial charge in [-0.05, 0) is 25.5 Å². The normalized spacial score (nSPS) is 10.9. The van der Waals surface area contributed by atoms with Crippen molar-refractivity contribution in [2.45, 2.75) is 20.0 Å². The maximum Gasteiger partial charge on any atom is 0.134 e. The molecule has 1 heterocycles. The third-order valence-electron chi connectivity index (χ3n) is 3.22. The highest BCUT2D eigenvalue weighted by Crippen LogP contribution is 2.23. The van der Waals surface area contributed by atoms with Crippen LogP contribution in [0.1, 0.15) is 18.9 Å². The monoisotopic (exact) mass is 260 g/mol. The minimum absolute atomic E-state index is 0.0250. The van der Waals surface area contributed by atoms with Crippen molar-refractivity contribution >= 4 is 16.7 Å². The van der Waals surface area contributed by atoms with Crippen LogP contribution in [-0.4, -0.2) is 34.9 Å². The van der Waals surface area contributed by atoms with Gasteiger partial charge in [-0.1, -0.05) is 18.2 Å². The lowest BCUT2D eigenvalue weighted by atomic mass is 10.1. The summed E-state index contributed by atoms with van der Waals surface area (Å²) in [5.41, 5.74) is 1.76. The minimum atomic E-state index is -0.0250. The van der Waals surface area contributed by atoms with Crippen molar-refractivity contribution < 1.29 is 10.2 Å². The molecule has 4 heteroatoms. The van der Waals surface area contributed by atoms with E-state index in [1.807, 2.05) is 30.3 Å². The Morgan fingerprint density at radius 1 is 1.21 bits per heavy atom. The maximum atomic E-state index is 9.53. The van der Waals surface area contributed by atoms with Gasteiger partial charge in [0.15, 0.2) is 0 Å². The van der Waals surface area contributed by atoms with Crippen molar-refractivity contribution in [3.05, 3.63) is 35.9 Å². The Morgan fingerprint density at radius 3 is 2.68 bits per heavy atom. The van der Waals surface area contributed by atoms with Crippen LogP contribution in [0, 0.1) is 0 Å². The highest BCUT2D eigenvalue weighted by molar-refractivity contribution is 5.81. The van der Waals surface area contributed by atoms with E-state index in [1.165, 1.54) is 0 Å². The van der Waals surface area contributed by atoms with Crippen LogP contribution in [0.4, 0.5) is 5.82 Å². The number of aliphatic hydroxyl groups excluding tert-OH is 2. The lowest BCUT2D eigenvalue weighted by molar-refractivity contribution is 0.281. The van der Waals surface area contributed by atoms with Gasteiger partial charge in [0.2, 0.25) is 0 Å². The Balaban J connectivity index is 2.44. The van der Waals surface area contributed by atoms with Gasteiger partial charge >= 0.3 is 0 Å². The first kappa shape index (κ1) is 13.8. The summed E-state index contributed by atoms with van der Waals surface area (Å²) in [4.78, 5) is 6.75. The van der Waals surface area contributed by atoms with Crippen molar-refractivity contribution in [1.82, 2.24) is 4.98 Å². The van der Waals surface area contributed by atoms with Gasteiger partial charge in [-0.3, -0.25) is 0 Å². The lowest BCUT2D eigenvalue weighted by Gasteiger charge is -2.24. The molecule has 1 aromatic carbocycles. The van der Waals surface area contributed by atoms with E-state index in [0.717, 1.165) is 35.4 Å². The molecule has 0 spiro atoms. The molecule has 0 aliphatic carbocycles. The largest absolute Gasteiger partial charge is 0.396 e. The van der Waals surface area contributed by atoms with E-state index in [-0.39, 0.29) is 13.2 Å². The number of para-hydroxylation sites is 1. The summed E-state index contributed by atoms with van der Waals surface area (Å²) in [7, 11) is 0. The Kier molecular flexibility index (Phi) is 4.71. The molecule has 19 heavy (non-hydrogen) atoms. The fourth-order valence-corrected chi connectivity index (χ4v) is 2.22. The van der Waals surface area contributed by atoms with Crippen LogP contribution in [0.3, 0.4) is 0 Å². The van der Waals surface area contributed by atoms with Gasteiger partial charge in [-0.15, -0.1) is 0 Å². The Hall–Kier alpha value is -1.65. The van der Waals surface area contributed by atoms with E-state index >= 15 is 0 Å². The van der Waals surface area contributed by atoms with Crippen LogP contribution in [0.25, 0.3) is 10.9 Å². The fraction of sp³-hybridized carbons (Fsp3) is 0.400. The van der Waals surface area contributed by atoms with E-state index in [2.05, 4.69) is 16.8 Å². The summed E-state index contributed by atoms with van der Waals surface area (Å²) in [6.07, 6.45) is 0.702. The molecule has 0 saturated carbocycles. The molecule has 4 nitrogen and oxygen atoms in total. The first-order valence-electron chi connectivity index (χ1n) is 6.65. The van der Waals surface area contributed by atoms with Gasteiger partial charge < -0.3 is 15.1 Å². The number of benzene rings is 1. The zero-order valence-electron chi connectivity index (χ0n) is 11.2. The highest BCUT2D eigenvalue weighted by atomic mass is 16.3. The van der Waals surface area contributed by atoms with Crippen LogP contribution < -0.4 is 4.90 Å². The molecule has 0 amide bonds. The summed E-state index contributed by atoms with van der Waals surface area (Å²) >= 11 is 0. The Labute approximate surface area is 113 Å². The van der Waals surface area contributed by atoms with Crippen molar-refractivity contribution in [2.75, 3.05) is 24.6 Å². The molecule has 0 saturated heterocycles. The lowest BCUT2D eigenvalue weighted by Crippen LogP contribution is -2.26. The third-order valence-corrected chi connectivity index (χ3v) is 3.22. The smallest absolute Gasteiger partial charge is 0.134 e. The van der Waals surface area contributed by atoms with Crippen LogP contribution in [0.15, 0.2) is 30.3 Å². The van der Waals surface area contributed by atoms with Gasteiger partial charge in [-0.25, -0.2) is 4.98 Å². The molecule has 0 aliphatic rings. The topological polar surface area (TPSA) is 56.6 Å². The van der Waals surface area contributed by atoms with Crippen LogP contribution in [0.5, 0.6) is 0 Å². The Bertz CT molecular complexity index is 543. The van der Waals surface area contributed by atoms with E-state index in [4.69, 9.17) is 5.11 Å². The summed E-state index contributed by atoms with van der Waals surface area (Å²) < 4.78 is 0. The molecule has 102 valence electrons. The van der Waals surface area contributed by atoms with Crippen LogP contribution in [-0.2, 0) is 6.61 Å². The number of aliphatic hydroxyl groups is 2. The summed E-state index contributed by atoms with van der Waals surface area (Å²) in [6, 6.07) is 9.88. The second-order valence-electron chi connectivity index (χ2n) is 4.48. The van der Waals surface area contributed by atoms with Gasteiger partial charge in [0, 0.05) is 30.6 Å². The average molecular weight is 260 g/mol. The number of fused-ring (bicyclic) bond motifs is 1. The molecule has 2 rings (SSSR count). The molecule has 2 N–H and O–H groups in total. The third kappa shape index (κ3) is 3.03. The standard InChI is InChI=1S/C15H20N2O2/c1-2-17(8-5-9-18)15-13(11-19)10-12-6-3-4-7-14(12)16-15/h3-4,6-7,10,18-19H,2,5,8-9,11H2,1H3. The Morgan fingerprint density at radius 2 is 2.00 bits per heavy atom. The molecule has 1 aromatic heterocycles.